The molecule has 0 spiro atoms. The lowest BCUT2D eigenvalue weighted by Crippen LogP contribution is -2.17. The van der Waals surface area contributed by atoms with Gasteiger partial charge >= 0.3 is 5.97 Å². The molecule has 0 aliphatic carbocycles. The van der Waals surface area contributed by atoms with E-state index in [1.807, 2.05) is 12.1 Å². The van der Waals surface area contributed by atoms with Gasteiger partial charge in [-0.3, -0.25) is 9.59 Å². The maximum Gasteiger partial charge on any atom is 0.329 e. The van der Waals surface area contributed by atoms with Gasteiger partial charge < -0.3 is 14.2 Å². The van der Waals surface area contributed by atoms with Gasteiger partial charge in [0.05, 0.1) is 12.7 Å². The normalized spacial score (nSPS) is 15.4. The van der Waals surface area contributed by atoms with Gasteiger partial charge in [0.2, 0.25) is 5.78 Å². The number of benzene rings is 2. The Labute approximate surface area is 156 Å². The summed E-state index contributed by atoms with van der Waals surface area (Å²) in [4.78, 5) is 24.3. The number of allylic oxidation sites excluding steroid dienone is 1. The van der Waals surface area contributed by atoms with Crippen LogP contribution in [-0.2, 0) is 4.79 Å². The highest BCUT2D eigenvalue weighted by atomic mass is 35.5. The lowest BCUT2D eigenvalue weighted by molar-refractivity contribution is -0.133. The van der Waals surface area contributed by atoms with Crippen molar-refractivity contribution < 1.29 is 23.8 Å². The number of esters is 1. The molecule has 134 valence electrons. The van der Waals surface area contributed by atoms with Gasteiger partial charge in [0.25, 0.3) is 0 Å². The topological polar surface area (TPSA) is 61.8 Å². The van der Waals surface area contributed by atoms with Crippen LogP contribution >= 0.6 is 11.6 Å². The Bertz CT molecular complexity index is 897. The van der Waals surface area contributed by atoms with Crippen molar-refractivity contribution in [1.29, 1.82) is 0 Å². The van der Waals surface area contributed by atoms with Crippen LogP contribution in [0.1, 0.15) is 28.4 Å². The number of rotatable bonds is 4. The monoisotopic (exact) mass is 372 g/mol. The summed E-state index contributed by atoms with van der Waals surface area (Å²) in [6.45, 7) is 3.29. The lowest BCUT2D eigenvalue weighted by atomic mass is 10.0. The fourth-order valence-electron chi connectivity index (χ4n) is 2.59. The summed E-state index contributed by atoms with van der Waals surface area (Å²) in [7, 11) is 1.59. The number of carbonyl (C=O) groups is 2. The summed E-state index contributed by atoms with van der Waals surface area (Å²) in [6.07, 6.45) is 1.66. The van der Waals surface area contributed by atoms with E-state index in [9.17, 15) is 9.59 Å². The minimum Gasteiger partial charge on any atom is -0.497 e. The third-order valence-corrected chi connectivity index (χ3v) is 4.08. The van der Waals surface area contributed by atoms with E-state index in [1.165, 1.54) is 13.0 Å². The fourth-order valence-corrected chi connectivity index (χ4v) is 2.63. The van der Waals surface area contributed by atoms with Gasteiger partial charge in [0.15, 0.2) is 5.76 Å². The molecule has 1 unspecified atom stereocenters. The fraction of sp³-hybridized carbons (Fsp3) is 0.200. The summed E-state index contributed by atoms with van der Waals surface area (Å²) in [5, 5.41) is -0.767. The Morgan fingerprint density at radius 1 is 1.19 bits per heavy atom. The summed E-state index contributed by atoms with van der Waals surface area (Å²) in [5.41, 5.74) is 1.93. The van der Waals surface area contributed by atoms with Crippen LogP contribution in [0.15, 0.2) is 42.2 Å². The first-order valence-corrected chi connectivity index (χ1v) is 8.41. The van der Waals surface area contributed by atoms with E-state index in [4.69, 9.17) is 25.8 Å². The Morgan fingerprint density at radius 3 is 2.50 bits per heavy atom. The van der Waals surface area contributed by atoms with E-state index < -0.39 is 11.3 Å². The van der Waals surface area contributed by atoms with Crippen LogP contribution in [0.2, 0.25) is 0 Å². The standard InChI is InChI=1S/C20H17ClO5/c1-11-8-15(25-20(23)12(2)21)10-16-18(11)19(22)17(26-16)9-13-4-6-14(24-3)7-5-13/h4-10,12H,1-3H3/b17-9-. The lowest BCUT2D eigenvalue weighted by Gasteiger charge is -2.08. The predicted octanol–water partition coefficient (Wildman–Crippen LogP) is 4.15. The molecule has 6 heteroatoms. The molecule has 0 fully saturated rings. The molecule has 0 bridgehead atoms. The van der Waals surface area contributed by atoms with Crippen LogP contribution in [0.3, 0.4) is 0 Å². The van der Waals surface area contributed by atoms with Crippen molar-refractivity contribution in [2.75, 3.05) is 7.11 Å². The summed E-state index contributed by atoms with van der Waals surface area (Å²) < 4.78 is 16.0. The number of ether oxygens (including phenoxy) is 3. The Balaban J connectivity index is 1.89. The molecule has 26 heavy (non-hydrogen) atoms. The molecule has 2 aromatic carbocycles. The second kappa shape index (κ2) is 7.22. The zero-order valence-corrected chi connectivity index (χ0v) is 15.3. The molecular weight excluding hydrogens is 356 g/mol. The van der Waals surface area contributed by atoms with Gasteiger partial charge in [-0.2, -0.15) is 0 Å². The van der Waals surface area contributed by atoms with Crippen LogP contribution in [0, 0.1) is 6.92 Å². The number of hydrogen-bond acceptors (Lipinski definition) is 5. The molecule has 1 aliphatic rings. The number of hydrogen-bond donors (Lipinski definition) is 0. The van der Waals surface area contributed by atoms with Crippen molar-refractivity contribution in [3.63, 3.8) is 0 Å². The van der Waals surface area contributed by atoms with Crippen LogP contribution in [0.5, 0.6) is 17.2 Å². The van der Waals surface area contributed by atoms with Crippen molar-refractivity contribution >= 4 is 29.4 Å². The van der Waals surface area contributed by atoms with Crippen molar-refractivity contribution in [2.24, 2.45) is 0 Å². The van der Waals surface area contributed by atoms with Crippen LogP contribution in [0.25, 0.3) is 6.08 Å². The first-order chi connectivity index (χ1) is 12.4. The SMILES string of the molecule is COc1ccc(/C=C2\Oc3cc(OC(=O)C(C)Cl)cc(C)c3C2=O)cc1. The molecule has 0 saturated heterocycles. The number of alkyl halides is 1. The number of ketones is 1. The number of Topliss-reactive ketones (excluding diaryl/α,β-unsaturated/α-hetero) is 1. The molecule has 0 amide bonds. The first-order valence-electron chi connectivity index (χ1n) is 7.97. The number of methoxy groups -OCH3 is 1. The van der Waals surface area contributed by atoms with E-state index in [0.29, 0.717) is 16.9 Å². The zero-order valence-electron chi connectivity index (χ0n) is 14.5. The first kappa shape index (κ1) is 18.0. The zero-order chi connectivity index (χ0) is 18.8. The molecule has 0 aromatic heterocycles. The smallest absolute Gasteiger partial charge is 0.329 e. The van der Waals surface area contributed by atoms with E-state index >= 15 is 0 Å². The van der Waals surface area contributed by atoms with Gasteiger partial charge in [-0.1, -0.05) is 12.1 Å². The van der Waals surface area contributed by atoms with Crippen LogP contribution in [0.4, 0.5) is 0 Å². The molecule has 1 aliphatic heterocycles. The highest BCUT2D eigenvalue weighted by Crippen LogP contribution is 2.37. The average Bonchev–Trinajstić information content (AvgIpc) is 2.91. The highest BCUT2D eigenvalue weighted by molar-refractivity contribution is 6.29. The summed E-state index contributed by atoms with van der Waals surface area (Å²) >= 11 is 5.72. The minimum absolute atomic E-state index is 0.211. The van der Waals surface area contributed by atoms with Crippen LogP contribution < -0.4 is 14.2 Å². The molecular formula is C20H17ClO5. The molecule has 0 saturated carbocycles. The van der Waals surface area contributed by atoms with Gasteiger partial charge in [-0.05, 0) is 49.2 Å². The summed E-state index contributed by atoms with van der Waals surface area (Å²) in [5.74, 6) is 0.811. The predicted molar refractivity (Wildman–Crippen MR) is 98.1 cm³/mol. The van der Waals surface area contributed by atoms with E-state index in [0.717, 1.165) is 11.3 Å². The quantitative estimate of drug-likeness (QED) is 0.349. The van der Waals surface area contributed by atoms with Crippen molar-refractivity contribution in [2.45, 2.75) is 19.2 Å². The van der Waals surface area contributed by atoms with Crippen LogP contribution in [-0.4, -0.2) is 24.2 Å². The summed E-state index contributed by atoms with van der Waals surface area (Å²) in [6, 6.07) is 10.4. The van der Waals surface area contributed by atoms with Crippen molar-refractivity contribution in [3.05, 3.63) is 58.8 Å². The number of carbonyl (C=O) groups excluding carboxylic acids is 2. The van der Waals surface area contributed by atoms with Gasteiger partial charge in [0.1, 0.15) is 22.6 Å². The van der Waals surface area contributed by atoms with Crippen molar-refractivity contribution in [3.8, 4) is 17.2 Å². The van der Waals surface area contributed by atoms with E-state index in [2.05, 4.69) is 0 Å². The average molecular weight is 373 g/mol. The maximum atomic E-state index is 12.6. The molecule has 5 nitrogen and oxygen atoms in total. The Hall–Kier alpha value is -2.79. The van der Waals surface area contributed by atoms with E-state index in [-0.39, 0.29) is 17.3 Å². The number of aryl methyl sites for hydroxylation is 1. The van der Waals surface area contributed by atoms with E-state index in [1.54, 1.807) is 38.3 Å². The molecule has 3 rings (SSSR count). The van der Waals surface area contributed by atoms with Crippen molar-refractivity contribution in [1.82, 2.24) is 0 Å². The second-order valence-corrected chi connectivity index (χ2v) is 6.52. The molecule has 1 heterocycles. The Morgan fingerprint density at radius 2 is 1.88 bits per heavy atom. The molecule has 2 aromatic rings. The third-order valence-electron chi connectivity index (χ3n) is 3.90. The third kappa shape index (κ3) is 3.58. The Kier molecular flexibility index (Phi) is 5.00. The molecule has 0 radical (unpaired) electrons. The van der Waals surface area contributed by atoms with Gasteiger partial charge in [0, 0.05) is 6.07 Å². The largest absolute Gasteiger partial charge is 0.497 e. The maximum absolute atomic E-state index is 12.6. The second-order valence-electron chi connectivity index (χ2n) is 5.86. The van der Waals surface area contributed by atoms with Gasteiger partial charge in [-0.25, -0.2) is 0 Å². The van der Waals surface area contributed by atoms with Gasteiger partial charge in [-0.15, -0.1) is 11.6 Å². The highest BCUT2D eigenvalue weighted by Gasteiger charge is 2.30. The molecule has 0 N–H and O–H groups in total. The molecule has 1 atom stereocenters. The number of halogens is 1. The number of fused-ring (bicyclic) bond motifs is 1. The minimum atomic E-state index is -0.767.